The average Bonchev–Trinajstić information content (AvgIpc) is 1.70. The molecule has 0 atom stereocenters. The summed E-state index contributed by atoms with van der Waals surface area (Å²) < 4.78 is 20.9. The fraction of sp³-hybridized carbons (Fsp3) is 0.0455. The van der Waals surface area contributed by atoms with Gasteiger partial charge >= 0.3 is 0 Å². The van der Waals surface area contributed by atoms with Gasteiger partial charge < -0.3 is 41.6 Å². The zero-order valence-electron chi connectivity index (χ0n) is 78.3. The molecule has 0 spiro atoms. The SMILES string of the molecule is CC1(C)c2ccccc2N(c2ccc(-n3c4ccccc4c4cc5ccn(-c6ccccc6)c5cc43)cc2)c2ccccc21.CC1(C)c2ccccc2N(c2cccc(-n3c4ccccc4c4cc5ccn(-c6ccccc6)c5cc43)c2)c2ccccc21.c1ccc(-c2ccc(-c3cccc4c3oc3c(-c5ccc(-n6c7ccccc7c7cc8ccn(-c9ccccc9)c8cc76)cc5)cccc34)cc2)cc1. The molecule has 27 aromatic rings. The van der Waals surface area contributed by atoms with E-state index < -0.39 is 0 Å². The van der Waals surface area contributed by atoms with Crippen LogP contribution in [0.3, 0.4) is 0 Å². The molecule has 0 saturated heterocycles. The van der Waals surface area contributed by atoms with Crippen molar-refractivity contribution in [2.75, 3.05) is 9.80 Å². The van der Waals surface area contributed by atoms with Gasteiger partial charge in [0.25, 0.3) is 0 Å². The van der Waals surface area contributed by atoms with Crippen molar-refractivity contribution in [2.45, 2.75) is 38.5 Å². The predicted octanol–water partition coefficient (Wildman–Crippen LogP) is 35.3. The van der Waals surface area contributed by atoms with Gasteiger partial charge in [0.1, 0.15) is 11.2 Å². The molecule has 20 aromatic carbocycles. The Morgan fingerprint density at radius 3 is 0.858 bits per heavy atom. The van der Waals surface area contributed by atoms with Gasteiger partial charge in [-0.1, -0.05) is 319 Å². The van der Waals surface area contributed by atoms with Gasteiger partial charge in [0.2, 0.25) is 0 Å². The highest BCUT2D eigenvalue weighted by atomic mass is 16.3. The number of fused-ring (bicyclic) bond motifs is 19. The van der Waals surface area contributed by atoms with Crippen molar-refractivity contribution in [3.63, 3.8) is 0 Å². The van der Waals surface area contributed by atoms with Crippen LogP contribution in [-0.2, 0) is 10.8 Å². The van der Waals surface area contributed by atoms with Crippen molar-refractivity contribution < 1.29 is 4.42 Å². The van der Waals surface area contributed by atoms with E-state index in [1.54, 1.807) is 0 Å². The summed E-state index contributed by atoms with van der Waals surface area (Å²) in [6, 6.07) is 173. The van der Waals surface area contributed by atoms with Crippen LogP contribution in [0.5, 0.6) is 0 Å². The Kier molecular flexibility index (Phi) is 19.1. The molecular formula is C132H94N8O. The van der Waals surface area contributed by atoms with Gasteiger partial charge in [0, 0.05) is 145 Å². The first-order valence-electron chi connectivity index (χ1n) is 48.7. The molecule has 0 N–H and O–H groups in total. The maximum Gasteiger partial charge on any atom is 0.143 e. The molecule has 0 bridgehead atoms. The number of aromatic nitrogens is 6. The fourth-order valence-corrected chi connectivity index (χ4v) is 23.0. The van der Waals surface area contributed by atoms with Gasteiger partial charge in [-0.15, -0.1) is 0 Å². The van der Waals surface area contributed by atoms with Crippen LogP contribution < -0.4 is 9.80 Å². The maximum absolute atomic E-state index is 6.83. The Bertz CT molecular complexity index is 9500. The number of rotatable bonds is 11. The molecule has 9 nitrogen and oxygen atoms in total. The number of furan rings is 1. The Hall–Kier alpha value is -18.2. The van der Waals surface area contributed by atoms with E-state index in [9.17, 15) is 0 Å². The number of para-hydroxylation sites is 12. The quantitative estimate of drug-likeness (QED) is 0.130. The summed E-state index contributed by atoms with van der Waals surface area (Å²) in [6.45, 7) is 9.34. The highest BCUT2D eigenvalue weighted by Crippen LogP contribution is 2.55. The molecule has 0 amide bonds. The summed E-state index contributed by atoms with van der Waals surface area (Å²) in [5.41, 5.74) is 38.8. The van der Waals surface area contributed by atoms with Gasteiger partial charge in [0.05, 0.1) is 72.4 Å². The van der Waals surface area contributed by atoms with E-state index in [1.807, 2.05) is 0 Å². The van der Waals surface area contributed by atoms with Crippen LogP contribution in [-0.4, -0.2) is 27.4 Å². The van der Waals surface area contributed by atoms with Crippen LogP contribution in [0.25, 0.3) is 188 Å². The lowest BCUT2D eigenvalue weighted by Gasteiger charge is -2.42. The Labute approximate surface area is 816 Å². The lowest BCUT2D eigenvalue weighted by atomic mass is 9.73. The smallest absolute Gasteiger partial charge is 0.143 e. The molecule has 0 unspecified atom stereocenters. The molecule has 9 heteroatoms. The first kappa shape index (κ1) is 82.3. The topological polar surface area (TPSA) is 49.2 Å². The first-order valence-corrected chi connectivity index (χ1v) is 48.7. The van der Waals surface area contributed by atoms with E-state index in [0.717, 1.165) is 84.0 Å². The lowest BCUT2D eigenvalue weighted by Crippen LogP contribution is -2.30. The monoisotopic (exact) mass is 1810 g/mol. The summed E-state index contributed by atoms with van der Waals surface area (Å²) in [7, 11) is 0. The summed E-state index contributed by atoms with van der Waals surface area (Å²) in [4.78, 5) is 4.86. The Morgan fingerprint density at radius 1 is 0.177 bits per heavy atom. The van der Waals surface area contributed by atoms with Crippen LogP contribution in [0.4, 0.5) is 34.1 Å². The second kappa shape index (κ2) is 32.8. The third-order valence-corrected chi connectivity index (χ3v) is 29.8. The normalized spacial score (nSPS) is 13.0. The highest BCUT2D eigenvalue weighted by molar-refractivity contribution is 6.18. The van der Waals surface area contributed by atoms with Gasteiger partial charge in [-0.2, -0.15) is 0 Å². The molecular weight excluding hydrogens is 1710 g/mol. The molecule has 7 aromatic heterocycles. The molecule has 0 radical (unpaired) electrons. The molecule has 0 fully saturated rings. The second-order valence-corrected chi connectivity index (χ2v) is 38.4. The summed E-state index contributed by atoms with van der Waals surface area (Å²) >= 11 is 0. The van der Waals surface area contributed by atoms with E-state index in [-0.39, 0.29) is 10.8 Å². The van der Waals surface area contributed by atoms with Gasteiger partial charge in [-0.25, -0.2) is 0 Å². The molecule has 141 heavy (non-hydrogen) atoms. The Morgan fingerprint density at radius 2 is 0.461 bits per heavy atom. The molecule has 2 aliphatic heterocycles. The van der Waals surface area contributed by atoms with Crippen LogP contribution in [0, 0.1) is 0 Å². The van der Waals surface area contributed by atoms with Crippen molar-refractivity contribution in [1.29, 1.82) is 0 Å². The summed E-state index contributed by atoms with van der Waals surface area (Å²) in [6.07, 6.45) is 6.53. The number of hydrogen-bond donors (Lipinski definition) is 0. The van der Waals surface area contributed by atoms with Crippen LogP contribution in [0.15, 0.2) is 502 Å². The average molecular weight is 1810 g/mol. The zero-order valence-corrected chi connectivity index (χ0v) is 78.3. The largest absolute Gasteiger partial charge is 0.455 e. The van der Waals surface area contributed by atoms with Crippen molar-refractivity contribution in [3.05, 3.63) is 520 Å². The van der Waals surface area contributed by atoms with Crippen LogP contribution in [0.1, 0.15) is 49.9 Å². The minimum atomic E-state index is -0.0901. The predicted molar refractivity (Wildman–Crippen MR) is 590 cm³/mol. The standard InChI is InChI=1S/C50H32N2O.2C41H31N3/c1-3-11-33(12-4-1)34-21-23-35(24-22-34)40-16-9-18-43-44-19-10-17-41(50(44)53-49(40)43)36-25-27-39(28-26-36)52-46-20-8-7-15-42(46)45-31-37-29-30-51(47(37)32-48(45)52)38-13-5-2-6-14-38;1-41(2)34-18-7-10-21-37(34)44(38-22-11-8-19-35(38)41)31-16-12-15-30(26-31)43-36-20-9-6-17-32(36)33-25-28-23-24-42(39(28)27-40(33)43)29-13-4-3-5-14-29;1-41(2)34-15-7-10-18-37(34)44(38-19-11-8-16-35(38)41)31-22-20-30(21-23-31)43-36-17-9-6-14-32(36)33-26-28-24-25-42(39(28)27-40(33)43)29-12-4-3-5-13-29/h1-32H;2*3-27H,1-2H3. The van der Waals surface area contributed by atoms with Gasteiger partial charge in [-0.3, -0.25) is 0 Å². The van der Waals surface area contributed by atoms with Crippen molar-refractivity contribution in [1.82, 2.24) is 27.4 Å². The zero-order chi connectivity index (χ0) is 93.7. The van der Waals surface area contributed by atoms with Crippen molar-refractivity contribution in [2.24, 2.45) is 0 Å². The number of hydrogen-bond acceptors (Lipinski definition) is 3. The van der Waals surface area contributed by atoms with E-state index in [4.69, 9.17) is 4.42 Å². The van der Waals surface area contributed by atoms with E-state index in [2.05, 4.69) is 563 Å². The fourth-order valence-electron chi connectivity index (χ4n) is 23.0. The van der Waals surface area contributed by atoms with Crippen molar-refractivity contribution >= 4 is 154 Å². The van der Waals surface area contributed by atoms with E-state index >= 15 is 0 Å². The van der Waals surface area contributed by atoms with Crippen LogP contribution in [0.2, 0.25) is 0 Å². The first-order chi connectivity index (χ1) is 69.5. The summed E-state index contributed by atoms with van der Waals surface area (Å²) in [5, 5.41) is 13.5. The summed E-state index contributed by atoms with van der Waals surface area (Å²) in [5.74, 6) is 0. The second-order valence-electron chi connectivity index (χ2n) is 38.4. The third kappa shape index (κ3) is 13.4. The number of nitrogens with zero attached hydrogens (tertiary/aromatic N) is 8. The molecule has 2 aliphatic rings. The molecule has 668 valence electrons. The van der Waals surface area contributed by atoms with E-state index in [1.165, 1.54) is 160 Å². The number of anilines is 6. The highest BCUT2D eigenvalue weighted by Gasteiger charge is 2.39. The molecule has 9 heterocycles. The Balaban J connectivity index is 0.000000107. The van der Waals surface area contributed by atoms with Gasteiger partial charge in [0.15, 0.2) is 0 Å². The maximum atomic E-state index is 6.83. The minimum absolute atomic E-state index is 0.0741. The lowest BCUT2D eigenvalue weighted by molar-refractivity contribution is 0.631. The van der Waals surface area contributed by atoms with Crippen LogP contribution >= 0.6 is 0 Å². The molecule has 0 aliphatic carbocycles. The third-order valence-electron chi connectivity index (χ3n) is 29.8. The number of benzene rings is 20. The molecule has 0 saturated carbocycles. The van der Waals surface area contributed by atoms with Crippen molar-refractivity contribution in [3.8, 4) is 67.5 Å². The molecule has 29 rings (SSSR count). The minimum Gasteiger partial charge on any atom is -0.455 e. The van der Waals surface area contributed by atoms with E-state index in [0.29, 0.717) is 0 Å². The van der Waals surface area contributed by atoms with Gasteiger partial charge in [-0.05, 0) is 233 Å².